The zero-order valence-electron chi connectivity index (χ0n) is 9.01. The van der Waals surface area contributed by atoms with Gasteiger partial charge in [0.05, 0.1) is 17.0 Å². The number of halogens is 1. The van der Waals surface area contributed by atoms with Gasteiger partial charge < -0.3 is 15.0 Å². The number of nitrogens with one attached hydrogen (secondary N) is 1. The molecule has 6 heteroatoms. The molecule has 1 heterocycles. The van der Waals surface area contributed by atoms with Crippen LogP contribution in [0.1, 0.15) is 10.5 Å². The van der Waals surface area contributed by atoms with Gasteiger partial charge in [-0.1, -0.05) is 11.6 Å². The number of nitrogens with zero attached hydrogens (tertiary/aromatic N) is 2. The number of carbonyl (C=O) groups is 1. The first-order valence-corrected chi connectivity index (χ1v) is 5.22. The summed E-state index contributed by atoms with van der Waals surface area (Å²) in [5.41, 5.74) is 0.733. The molecular weight excluding hydrogens is 242 g/mol. The molecule has 2 rings (SSSR count). The summed E-state index contributed by atoms with van der Waals surface area (Å²) < 4.78 is 1.67. The number of amides is 1. The minimum Gasteiger partial charge on any atom is -0.508 e. The van der Waals surface area contributed by atoms with Crippen LogP contribution in [0.4, 0.5) is 5.69 Å². The Morgan fingerprint density at radius 2 is 2.29 bits per heavy atom. The fourth-order valence-corrected chi connectivity index (χ4v) is 1.54. The van der Waals surface area contributed by atoms with Crippen LogP contribution in [-0.4, -0.2) is 20.6 Å². The lowest BCUT2D eigenvalue weighted by atomic mass is 10.3. The van der Waals surface area contributed by atoms with E-state index in [2.05, 4.69) is 10.3 Å². The summed E-state index contributed by atoms with van der Waals surface area (Å²) in [6.45, 7) is 0. The third kappa shape index (κ3) is 2.57. The van der Waals surface area contributed by atoms with Crippen LogP contribution in [-0.2, 0) is 7.05 Å². The highest BCUT2D eigenvalue weighted by atomic mass is 35.5. The average molecular weight is 252 g/mol. The first-order valence-electron chi connectivity index (χ1n) is 4.84. The predicted octanol–water partition coefficient (Wildman–Crippen LogP) is 2.03. The quantitative estimate of drug-likeness (QED) is 0.803. The molecule has 2 N–H and O–H groups in total. The molecule has 17 heavy (non-hydrogen) atoms. The van der Waals surface area contributed by atoms with E-state index in [1.165, 1.54) is 24.5 Å². The second-order valence-electron chi connectivity index (χ2n) is 3.54. The van der Waals surface area contributed by atoms with Crippen LogP contribution < -0.4 is 5.32 Å². The molecule has 88 valence electrons. The number of benzene rings is 1. The number of carbonyl (C=O) groups excluding carboxylic acids is 1. The molecule has 0 saturated heterocycles. The molecule has 0 spiro atoms. The number of rotatable bonds is 2. The van der Waals surface area contributed by atoms with Crippen LogP contribution in [0.25, 0.3) is 0 Å². The van der Waals surface area contributed by atoms with Gasteiger partial charge in [-0.25, -0.2) is 4.98 Å². The maximum absolute atomic E-state index is 11.8. The molecular formula is C11H10ClN3O2. The number of phenols is 1. The predicted molar refractivity (Wildman–Crippen MR) is 64.3 cm³/mol. The average Bonchev–Trinajstić information content (AvgIpc) is 2.69. The molecule has 2 aromatic rings. The summed E-state index contributed by atoms with van der Waals surface area (Å²) >= 11 is 5.87. The molecule has 0 aliphatic carbocycles. The van der Waals surface area contributed by atoms with Crippen LogP contribution in [0.3, 0.4) is 0 Å². The zero-order chi connectivity index (χ0) is 12.4. The number of anilines is 1. The van der Waals surface area contributed by atoms with Crippen molar-refractivity contribution in [1.29, 1.82) is 0 Å². The number of aromatic hydroxyl groups is 1. The highest BCUT2D eigenvalue weighted by molar-refractivity contribution is 6.34. The van der Waals surface area contributed by atoms with Crippen molar-refractivity contribution >= 4 is 23.2 Å². The van der Waals surface area contributed by atoms with E-state index < -0.39 is 0 Å². The Kier molecular flexibility index (Phi) is 3.01. The van der Waals surface area contributed by atoms with E-state index in [1.54, 1.807) is 17.8 Å². The Balaban J connectivity index is 2.18. The standard InChI is InChI=1S/C11H10ClN3O2/c1-15-5-10(13-6-15)11(17)14-9-3-2-7(16)4-8(9)12/h2-6,16H,1H3,(H,14,17). The summed E-state index contributed by atoms with van der Waals surface area (Å²) in [4.78, 5) is 15.7. The third-order valence-corrected chi connectivity index (χ3v) is 2.45. The lowest BCUT2D eigenvalue weighted by Crippen LogP contribution is -2.12. The van der Waals surface area contributed by atoms with Gasteiger partial charge in [0.1, 0.15) is 11.4 Å². The van der Waals surface area contributed by atoms with Gasteiger partial charge in [-0.2, -0.15) is 0 Å². The highest BCUT2D eigenvalue weighted by Crippen LogP contribution is 2.26. The van der Waals surface area contributed by atoms with Crippen molar-refractivity contribution in [1.82, 2.24) is 9.55 Å². The van der Waals surface area contributed by atoms with Crippen LogP contribution >= 0.6 is 11.6 Å². The Morgan fingerprint density at radius 3 is 2.88 bits per heavy atom. The number of hydrogen-bond donors (Lipinski definition) is 2. The Morgan fingerprint density at radius 1 is 1.53 bits per heavy atom. The van der Waals surface area contributed by atoms with Crippen LogP contribution in [0.5, 0.6) is 5.75 Å². The van der Waals surface area contributed by atoms with Crippen LogP contribution in [0, 0.1) is 0 Å². The van der Waals surface area contributed by atoms with E-state index in [0.29, 0.717) is 11.4 Å². The molecule has 1 aromatic heterocycles. The van der Waals surface area contributed by atoms with Gasteiger partial charge in [-0.3, -0.25) is 4.79 Å². The van der Waals surface area contributed by atoms with Gasteiger partial charge in [0.25, 0.3) is 5.91 Å². The lowest BCUT2D eigenvalue weighted by molar-refractivity contribution is 0.102. The van der Waals surface area contributed by atoms with Crippen molar-refractivity contribution in [2.45, 2.75) is 0 Å². The molecule has 0 fully saturated rings. The summed E-state index contributed by atoms with van der Waals surface area (Å²) in [5.74, 6) is -0.302. The largest absolute Gasteiger partial charge is 0.508 e. The minimum absolute atomic E-state index is 0.0471. The fraction of sp³-hybridized carbons (Fsp3) is 0.0909. The van der Waals surface area contributed by atoms with Crippen LogP contribution in [0.2, 0.25) is 5.02 Å². The minimum atomic E-state index is -0.349. The van der Waals surface area contributed by atoms with Gasteiger partial charge in [-0.15, -0.1) is 0 Å². The number of imidazole rings is 1. The summed E-state index contributed by atoms with van der Waals surface area (Å²) in [6.07, 6.45) is 3.14. The summed E-state index contributed by atoms with van der Waals surface area (Å²) in [5, 5.41) is 12.1. The van der Waals surface area contributed by atoms with E-state index >= 15 is 0 Å². The molecule has 0 radical (unpaired) electrons. The van der Waals surface area contributed by atoms with Crippen molar-refractivity contribution < 1.29 is 9.90 Å². The SMILES string of the molecule is Cn1cnc(C(=O)Nc2ccc(O)cc2Cl)c1. The Hall–Kier alpha value is -2.01. The van der Waals surface area contributed by atoms with Crippen molar-refractivity contribution in [3.8, 4) is 5.75 Å². The number of aromatic nitrogens is 2. The van der Waals surface area contributed by atoms with Gasteiger partial charge in [0.2, 0.25) is 0 Å². The van der Waals surface area contributed by atoms with E-state index in [0.717, 1.165) is 0 Å². The number of phenolic OH excluding ortho intramolecular Hbond substituents is 1. The second-order valence-corrected chi connectivity index (χ2v) is 3.95. The number of hydrogen-bond acceptors (Lipinski definition) is 3. The molecule has 0 bridgehead atoms. The van der Waals surface area contributed by atoms with Crippen molar-refractivity contribution in [3.63, 3.8) is 0 Å². The first kappa shape index (κ1) is 11.5. The maximum atomic E-state index is 11.8. The maximum Gasteiger partial charge on any atom is 0.275 e. The lowest BCUT2D eigenvalue weighted by Gasteiger charge is -2.05. The molecule has 0 atom stereocenters. The van der Waals surface area contributed by atoms with Gasteiger partial charge >= 0.3 is 0 Å². The smallest absolute Gasteiger partial charge is 0.275 e. The monoisotopic (exact) mass is 251 g/mol. The van der Waals surface area contributed by atoms with Crippen molar-refractivity contribution in [2.75, 3.05) is 5.32 Å². The fourth-order valence-electron chi connectivity index (χ4n) is 1.32. The molecule has 5 nitrogen and oxygen atoms in total. The molecule has 0 unspecified atom stereocenters. The first-order chi connectivity index (χ1) is 8.06. The van der Waals surface area contributed by atoms with Crippen molar-refractivity contribution in [2.24, 2.45) is 7.05 Å². The van der Waals surface area contributed by atoms with E-state index in [-0.39, 0.29) is 16.7 Å². The van der Waals surface area contributed by atoms with Gasteiger partial charge in [-0.05, 0) is 12.1 Å². The molecule has 0 aliphatic rings. The summed E-state index contributed by atoms with van der Waals surface area (Å²) in [7, 11) is 1.78. The Labute approximate surface area is 103 Å². The van der Waals surface area contributed by atoms with Crippen LogP contribution in [0.15, 0.2) is 30.7 Å². The van der Waals surface area contributed by atoms with E-state index in [1.807, 2.05) is 0 Å². The molecule has 1 amide bonds. The topological polar surface area (TPSA) is 67.2 Å². The second kappa shape index (κ2) is 4.47. The molecule has 1 aromatic carbocycles. The molecule has 0 saturated carbocycles. The van der Waals surface area contributed by atoms with Gasteiger partial charge in [0, 0.05) is 19.3 Å². The van der Waals surface area contributed by atoms with E-state index in [4.69, 9.17) is 11.6 Å². The van der Waals surface area contributed by atoms with Gasteiger partial charge in [0.15, 0.2) is 0 Å². The van der Waals surface area contributed by atoms with Crippen molar-refractivity contribution in [3.05, 3.63) is 41.4 Å². The highest BCUT2D eigenvalue weighted by Gasteiger charge is 2.10. The number of aryl methyl sites for hydroxylation is 1. The zero-order valence-corrected chi connectivity index (χ0v) is 9.77. The molecule has 0 aliphatic heterocycles. The third-order valence-electron chi connectivity index (χ3n) is 2.14. The normalized spacial score (nSPS) is 10.2. The Bertz CT molecular complexity index is 566. The summed E-state index contributed by atoms with van der Waals surface area (Å²) in [6, 6.07) is 4.33. The van der Waals surface area contributed by atoms with E-state index in [9.17, 15) is 9.90 Å².